The van der Waals surface area contributed by atoms with Crippen LogP contribution in [-0.4, -0.2) is 35.1 Å². The van der Waals surface area contributed by atoms with Gasteiger partial charge >= 0.3 is 0 Å². The molecule has 0 bridgehead atoms. The van der Waals surface area contributed by atoms with Gasteiger partial charge in [0.15, 0.2) is 17.7 Å². The third-order valence-corrected chi connectivity index (χ3v) is 3.16. The van der Waals surface area contributed by atoms with Crippen molar-refractivity contribution in [3.8, 4) is 5.75 Å². The number of aliphatic hydroxyl groups excluding tert-OH is 1. The summed E-state index contributed by atoms with van der Waals surface area (Å²) in [6.07, 6.45) is -1.49. The van der Waals surface area contributed by atoms with E-state index in [9.17, 15) is 14.3 Å². The number of likely N-dealkylation sites (N-methyl/N-ethyl adjacent to an activating group) is 1. The molecule has 0 saturated carbocycles. The average Bonchev–Trinajstić information content (AvgIpc) is 2.41. The predicted octanol–water partition coefficient (Wildman–Crippen LogP) is 2.51. The van der Waals surface area contributed by atoms with Crippen LogP contribution >= 0.6 is 0 Å². The molecule has 0 fully saturated rings. The number of aliphatic hydroxyl groups is 1. The zero-order chi connectivity index (χ0) is 15.3. The van der Waals surface area contributed by atoms with Crippen molar-refractivity contribution in [1.29, 1.82) is 0 Å². The summed E-state index contributed by atoms with van der Waals surface area (Å²) in [5.74, 6) is -0.737. The number of carbonyl (C=O) groups is 1. The summed E-state index contributed by atoms with van der Waals surface area (Å²) in [4.78, 5) is 13.7. The number of nitrogens with zero attached hydrogens (tertiary/aromatic N) is 1. The quantitative estimate of drug-likeness (QED) is 0.872. The van der Waals surface area contributed by atoms with Gasteiger partial charge in [0.2, 0.25) is 0 Å². The van der Waals surface area contributed by atoms with Crippen LogP contribution < -0.4 is 4.74 Å². The summed E-state index contributed by atoms with van der Waals surface area (Å²) >= 11 is 0. The first-order valence-electron chi connectivity index (χ1n) is 6.83. The van der Waals surface area contributed by atoms with Gasteiger partial charge < -0.3 is 14.7 Å². The maximum atomic E-state index is 13.8. The van der Waals surface area contributed by atoms with Crippen molar-refractivity contribution in [2.45, 2.75) is 39.9 Å². The van der Waals surface area contributed by atoms with E-state index in [4.69, 9.17) is 4.74 Å². The average molecular weight is 283 g/mol. The zero-order valence-electron chi connectivity index (χ0n) is 12.4. The molecule has 112 valence electrons. The zero-order valence-corrected chi connectivity index (χ0v) is 12.4. The molecule has 1 unspecified atom stereocenters. The largest absolute Gasteiger partial charge is 0.478 e. The summed E-state index contributed by atoms with van der Waals surface area (Å²) in [6, 6.07) is 4.23. The summed E-state index contributed by atoms with van der Waals surface area (Å²) in [7, 11) is 0. The van der Waals surface area contributed by atoms with E-state index in [0.29, 0.717) is 18.7 Å². The number of ether oxygens (including phenoxy) is 1. The fourth-order valence-electron chi connectivity index (χ4n) is 1.91. The standard InChI is InChI=1S/C15H22FNO3/c1-5-17(6-2)15(19)11(4)20-14-8-7-12(10(3)18)9-13(14)16/h7-11,18H,5-6H2,1-4H3/t10-,11?/m1/s1. The van der Waals surface area contributed by atoms with Crippen LogP contribution in [0.1, 0.15) is 39.4 Å². The van der Waals surface area contributed by atoms with Crippen molar-refractivity contribution in [1.82, 2.24) is 4.90 Å². The van der Waals surface area contributed by atoms with Gasteiger partial charge in [0, 0.05) is 13.1 Å². The van der Waals surface area contributed by atoms with Crippen molar-refractivity contribution in [2.24, 2.45) is 0 Å². The number of amides is 1. The van der Waals surface area contributed by atoms with E-state index in [0.717, 1.165) is 0 Å². The Morgan fingerprint density at radius 2 is 1.95 bits per heavy atom. The first-order chi connectivity index (χ1) is 9.40. The lowest BCUT2D eigenvalue weighted by Crippen LogP contribution is -2.40. The molecule has 1 aromatic rings. The van der Waals surface area contributed by atoms with E-state index in [1.807, 2.05) is 13.8 Å². The van der Waals surface area contributed by atoms with Gasteiger partial charge in [-0.25, -0.2) is 4.39 Å². The van der Waals surface area contributed by atoms with Crippen molar-refractivity contribution in [3.63, 3.8) is 0 Å². The lowest BCUT2D eigenvalue weighted by atomic mass is 10.1. The van der Waals surface area contributed by atoms with Crippen molar-refractivity contribution >= 4 is 5.91 Å². The van der Waals surface area contributed by atoms with E-state index in [2.05, 4.69) is 0 Å². The van der Waals surface area contributed by atoms with Crippen molar-refractivity contribution in [3.05, 3.63) is 29.6 Å². The molecule has 0 heterocycles. The van der Waals surface area contributed by atoms with Crippen LogP contribution in [0.3, 0.4) is 0 Å². The Kier molecular flexibility index (Phi) is 5.95. The third-order valence-electron chi connectivity index (χ3n) is 3.16. The summed E-state index contributed by atoms with van der Waals surface area (Å²) < 4.78 is 19.2. The van der Waals surface area contributed by atoms with Crippen LogP contribution in [0.2, 0.25) is 0 Å². The highest BCUT2D eigenvalue weighted by Crippen LogP contribution is 2.23. The Balaban J connectivity index is 2.80. The molecule has 0 aliphatic carbocycles. The Morgan fingerprint density at radius 1 is 1.35 bits per heavy atom. The molecular weight excluding hydrogens is 261 g/mol. The summed E-state index contributed by atoms with van der Waals surface area (Å²) in [5, 5.41) is 9.38. The number of carbonyl (C=O) groups excluding carboxylic acids is 1. The smallest absolute Gasteiger partial charge is 0.263 e. The van der Waals surface area contributed by atoms with Crippen LogP contribution in [0, 0.1) is 5.82 Å². The van der Waals surface area contributed by atoms with E-state index in [-0.39, 0.29) is 11.7 Å². The highest BCUT2D eigenvalue weighted by molar-refractivity contribution is 5.80. The van der Waals surface area contributed by atoms with Gasteiger partial charge in [-0.3, -0.25) is 4.79 Å². The van der Waals surface area contributed by atoms with E-state index in [1.54, 1.807) is 24.8 Å². The van der Waals surface area contributed by atoms with Crippen molar-refractivity contribution in [2.75, 3.05) is 13.1 Å². The maximum absolute atomic E-state index is 13.8. The maximum Gasteiger partial charge on any atom is 0.263 e. The number of hydrogen-bond acceptors (Lipinski definition) is 3. The molecule has 0 aliphatic heterocycles. The second-order valence-electron chi connectivity index (χ2n) is 4.64. The van der Waals surface area contributed by atoms with Gasteiger partial charge in [-0.1, -0.05) is 6.07 Å². The molecule has 0 aromatic heterocycles. The number of benzene rings is 1. The van der Waals surface area contributed by atoms with Gasteiger partial charge in [-0.05, 0) is 45.4 Å². The molecule has 5 heteroatoms. The molecule has 2 atom stereocenters. The lowest BCUT2D eigenvalue weighted by molar-refractivity contribution is -0.137. The molecule has 0 radical (unpaired) electrons. The Labute approximate surface area is 119 Å². The number of hydrogen-bond donors (Lipinski definition) is 1. The topological polar surface area (TPSA) is 49.8 Å². The minimum absolute atomic E-state index is 0.0161. The third kappa shape index (κ3) is 3.93. The van der Waals surface area contributed by atoms with Crippen LogP contribution in [0.25, 0.3) is 0 Å². The van der Waals surface area contributed by atoms with Crippen molar-refractivity contribution < 1.29 is 19.0 Å². The lowest BCUT2D eigenvalue weighted by Gasteiger charge is -2.23. The first-order valence-corrected chi connectivity index (χ1v) is 6.83. The normalized spacial score (nSPS) is 13.7. The monoisotopic (exact) mass is 283 g/mol. The molecule has 20 heavy (non-hydrogen) atoms. The molecule has 0 spiro atoms. The number of halogens is 1. The Morgan fingerprint density at radius 3 is 2.40 bits per heavy atom. The van der Waals surface area contributed by atoms with Gasteiger partial charge in [0.1, 0.15) is 0 Å². The summed E-state index contributed by atoms with van der Waals surface area (Å²) in [6.45, 7) is 8.10. The molecule has 0 aliphatic rings. The molecule has 4 nitrogen and oxygen atoms in total. The minimum Gasteiger partial charge on any atom is -0.478 e. The highest BCUT2D eigenvalue weighted by Gasteiger charge is 2.21. The molecule has 0 saturated heterocycles. The van der Waals surface area contributed by atoms with E-state index >= 15 is 0 Å². The summed E-state index contributed by atoms with van der Waals surface area (Å²) in [5.41, 5.74) is 0.470. The van der Waals surface area contributed by atoms with Gasteiger partial charge in [0.05, 0.1) is 6.10 Å². The second-order valence-corrected chi connectivity index (χ2v) is 4.64. The Bertz CT molecular complexity index is 458. The Hall–Kier alpha value is -1.62. The molecule has 1 aromatic carbocycles. The van der Waals surface area contributed by atoms with E-state index in [1.165, 1.54) is 12.1 Å². The predicted molar refractivity (Wildman–Crippen MR) is 75.1 cm³/mol. The minimum atomic E-state index is -0.748. The molecule has 1 amide bonds. The molecule has 1 rings (SSSR count). The van der Waals surface area contributed by atoms with E-state index < -0.39 is 18.0 Å². The van der Waals surface area contributed by atoms with Gasteiger partial charge in [0.25, 0.3) is 5.91 Å². The van der Waals surface area contributed by atoms with Crippen LogP contribution in [0.4, 0.5) is 4.39 Å². The first kappa shape index (κ1) is 16.4. The van der Waals surface area contributed by atoms with Gasteiger partial charge in [-0.2, -0.15) is 0 Å². The molecule has 1 N–H and O–H groups in total. The van der Waals surface area contributed by atoms with Crippen LogP contribution in [0.5, 0.6) is 5.75 Å². The number of rotatable bonds is 6. The van der Waals surface area contributed by atoms with Crippen LogP contribution in [-0.2, 0) is 4.79 Å². The molecular formula is C15H22FNO3. The fraction of sp³-hybridized carbons (Fsp3) is 0.533. The SMILES string of the molecule is CCN(CC)C(=O)C(C)Oc1ccc([C@@H](C)O)cc1F. The second kappa shape index (κ2) is 7.24. The van der Waals surface area contributed by atoms with Crippen LogP contribution in [0.15, 0.2) is 18.2 Å². The fourth-order valence-corrected chi connectivity index (χ4v) is 1.91. The van der Waals surface area contributed by atoms with Gasteiger partial charge in [-0.15, -0.1) is 0 Å². The highest BCUT2D eigenvalue weighted by atomic mass is 19.1.